The zero-order chi connectivity index (χ0) is 14.4. The van der Waals surface area contributed by atoms with Gasteiger partial charge in [-0.05, 0) is 18.6 Å². The second-order valence-electron chi connectivity index (χ2n) is 4.45. The van der Waals surface area contributed by atoms with Crippen LogP contribution >= 0.6 is 0 Å². The molecule has 0 saturated carbocycles. The quantitative estimate of drug-likeness (QED) is 0.829. The molecule has 0 atom stereocenters. The molecule has 20 heavy (non-hydrogen) atoms. The number of amides is 1. The lowest BCUT2D eigenvalue weighted by molar-refractivity contribution is 0.0781. The number of rotatable bonds is 6. The lowest BCUT2D eigenvalue weighted by atomic mass is 10.2. The van der Waals surface area contributed by atoms with Crippen LogP contribution in [-0.2, 0) is 6.54 Å². The van der Waals surface area contributed by atoms with Gasteiger partial charge in [0.15, 0.2) is 0 Å². The van der Waals surface area contributed by atoms with E-state index >= 15 is 0 Å². The number of anilines is 1. The van der Waals surface area contributed by atoms with Crippen LogP contribution < -0.4 is 5.32 Å². The monoisotopic (exact) mass is 274 g/mol. The van der Waals surface area contributed by atoms with Crippen LogP contribution in [0.3, 0.4) is 0 Å². The summed E-state index contributed by atoms with van der Waals surface area (Å²) in [7, 11) is 1.72. The first-order valence-corrected chi connectivity index (χ1v) is 6.50. The lowest BCUT2D eigenvalue weighted by Crippen LogP contribution is -2.26. The van der Waals surface area contributed by atoms with E-state index in [9.17, 15) is 4.79 Å². The van der Waals surface area contributed by atoms with Crippen LogP contribution in [0.4, 0.5) is 5.82 Å². The molecule has 2 aromatic rings. The van der Waals surface area contributed by atoms with Crippen molar-refractivity contribution in [3.63, 3.8) is 0 Å². The van der Waals surface area contributed by atoms with E-state index in [-0.39, 0.29) is 5.91 Å². The highest BCUT2D eigenvalue weighted by atomic mass is 16.2. The molecule has 0 unspecified atom stereocenters. The molecule has 0 aliphatic carbocycles. The molecule has 0 saturated heterocycles. The van der Waals surface area contributed by atoms with Gasteiger partial charge >= 0.3 is 0 Å². The third-order valence-corrected chi connectivity index (χ3v) is 2.77. The average Bonchev–Trinajstić information content (AvgIpc) is 2.97. The summed E-state index contributed by atoms with van der Waals surface area (Å²) in [5.74, 6) is 1.33. The average molecular weight is 274 g/mol. The van der Waals surface area contributed by atoms with E-state index in [1.807, 2.05) is 6.07 Å². The molecule has 0 aliphatic rings. The van der Waals surface area contributed by atoms with Gasteiger partial charge in [-0.2, -0.15) is 5.10 Å². The van der Waals surface area contributed by atoms with E-state index in [2.05, 4.69) is 32.4 Å². The van der Waals surface area contributed by atoms with Gasteiger partial charge < -0.3 is 10.2 Å². The van der Waals surface area contributed by atoms with Crippen molar-refractivity contribution in [2.45, 2.75) is 19.9 Å². The highest BCUT2D eigenvalue weighted by Gasteiger charge is 2.13. The van der Waals surface area contributed by atoms with E-state index < -0.39 is 0 Å². The van der Waals surface area contributed by atoms with Crippen molar-refractivity contribution in [2.75, 3.05) is 18.9 Å². The number of carbonyl (C=O) groups is 1. The molecule has 2 heterocycles. The summed E-state index contributed by atoms with van der Waals surface area (Å²) in [6, 6.07) is 3.58. The van der Waals surface area contributed by atoms with E-state index in [4.69, 9.17) is 0 Å². The van der Waals surface area contributed by atoms with Crippen molar-refractivity contribution in [3.8, 4) is 0 Å². The maximum Gasteiger partial charge on any atom is 0.255 e. The van der Waals surface area contributed by atoms with Crippen LogP contribution in [0, 0.1) is 0 Å². The molecule has 7 nitrogen and oxygen atoms in total. The molecule has 0 bridgehead atoms. The van der Waals surface area contributed by atoms with Crippen LogP contribution in [-0.4, -0.2) is 44.6 Å². The van der Waals surface area contributed by atoms with Crippen molar-refractivity contribution in [2.24, 2.45) is 0 Å². The van der Waals surface area contributed by atoms with Gasteiger partial charge in [0.25, 0.3) is 5.91 Å². The highest BCUT2D eigenvalue weighted by molar-refractivity contribution is 5.93. The largest absolute Gasteiger partial charge is 0.370 e. The number of nitrogens with one attached hydrogen (secondary N) is 2. The topological polar surface area (TPSA) is 86.8 Å². The number of carbonyl (C=O) groups excluding carboxylic acids is 1. The summed E-state index contributed by atoms with van der Waals surface area (Å²) in [6.45, 7) is 3.34. The first-order valence-electron chi connectivity index (χ1n) is 6.50. The molecular formula is C13H18N6O. The second-order valence-corrected chi connectivity index (χ2v) is 4.45. The molecule has 0 spiro atoms. The SMILES string of the molecule is CCCNc1ccc(C(=O)N(C)Cc2ncn[nH]2)cn1. The molecule has 0 radical (unpaired) electrons. The van der Waals surface area contributed by atoms with Crippen LogP contribution in [0.25, 0.3) is 0 Å². The Bertz CT molecular complexity index is 536. The first-order chi connectivity index (χ1) is 9.70. The third kappa shape index (κ3) is 3.53. The summed E-state index contributed by atoms with van der Waals surface area (Å²) in [5, 5.41) is 9.65. The van der Waals surface area contributed by atoms with Crippen molar-refractivity contribution in [3.05, 3.63) is 36.0 Å². The standard InChI is InChI=1S/C13H18N6O/c1-3-6-14-11-5-4-10(7-15-11)13(20)19(2)8-12-16-9-17-18-12/h4-5,7,9H,3,6,8H2,1-2H3,(H,14,15)(H,16,17,18). The van der Waals surface area contributed by atoms with Crippen LogP contribution in [0.1, 0.15) is 29.5 Å². The van der Waals surface area contributed by atoms with Gasteiger partial charge in [-0.15, -0.1) is 0 Å². The van der Waals surface area contributed by atoms with Gasteiger partial charge in [0.2, 0.25) is 0 Å². The molecule has 0 aromatic carbocycles. The summed E-state index contributed by atoms with van der Waals surface area (Å²) >= 11 is 0. The van der Waals surface area contributed by atoms with Crippen LogP contribution in [0.5, 0.6) is 0 Å². The number of aromatic amines is 1. The van der Waals surface area contributed by atoms with E-state index in [0.717, 1.165) is 18.8 Å². The molecule has 1 amide bonds. The first kappa shape index (κ1) is 14.0. The van der Waals surface area contributed by atoms with Gasteiger partial charge in [-0.1, -0.05) is 6.92 Å². The zero-order valence-electron chi connectivity index (χ0n) is 11.6. The molecule has 0 fully saturated rings. The Morgan fingerprint density at radius 1 is 1.40 bits per heavy atom. The Labute approximate surface area is 117 Å². The number of pyridine rings is 1. The minimum atomic E-state index is -0.101. The van der Waals surface area contributed by atoms with Gasteiger partial charge in [-0.25, -0.2) is 9.97 Å². The second kappa shape index (κ2) is 6.65. The van der Waals surface area contributed by atoms with Crippen LogP contribution in [0.15, 0.2) is 24.7 Å². The Kier molecular flexibility index (Phi) is 4.65. The summed E-state index contributed by atoms with van der Waals surface area (Å²) < 4.78 is 0. The van der Waals surface area contributed by atoms with E-state index in [1.54, 1.807) is 24.2 Å². The number of hydrogen-bond acceptors (Lipinski definition) is 5. The molecule has 106 valence electrons. The smallest absolute Gasteiger partial charge is 0.255 e. The predicted molar refractivity (Wildman–Crippen MR) is 75.2 cm³/mol. The van der Waals surface area contributed by atoms with Crippen molar-refractivity contribution in [1.82, 2.24) is 25.1 Å². The minimum Gasteiger partial charge on any atom is -0.370 e. The molecule has 2 rings (SSSR count). The molecule has 0 aliphatic heterocycles. The van der Waals surface area contributed by atoms with Gasteiger partial charge in [-0.3, -0.25) is 9.89 Å². The van der Waals surface area contributed by atoms with Crippen molar-refractivity contribution in [1.29, 1.82) is 0 Å². The maximum absolute atomic E-state index is 12.2. The Morgan fingerprint density at radius 3 is 2.85 bits per heavy atom. The Morgan fingerprint density at radius 2 is 2.25 bits per heavy atom. The predicted octanol–water partition coefficient (Wildman–Crippen LogP) is 1.29. The lowest BCUT2D eigenvalue weighted by Gasteiger charge is -2.15. The fourth-order valence-electron chi connectivity index (χ4n) is 1.70. The highest BCUT2D eigenvalue weighted by Crippen LogP contribution is 2.08. The molecule has 2 aromatic heterocycles. The van der Waals surface area contributed by atoms with Gasteiger partial charge in [0, 0.05) is 19.8 Å². The van der Waals surface area contributed by atoms with Crippen LogP contribution in [0.2, 0.25) is 0 Å². The van der Waals surface area contributed by atoms with Gasteiger partial charge in [0.1, 0.15) is 18.0 Å². The summed E-state index contributed by atoms with van der Waals surface area (Å²) in [5.41, 5.74) is 0.550. The fraction of sp³-hybridized carbons (Fsp3) is 0.385. The number of H-pyrrole nitrogens is 1. The number of aromatic nitrogens is 4. The number of nitrogens with zero attached hydrogens (tertiary/aromatic N) is 4. The molecule has 7 heteroatoms. The summed E-state index contributed by atoms with van der Waals surface area (Å²) in [6.07, 6.45) is 4.03. The number of hydrogen-bond donors (Lipinski definition) is 2. The molecular weight excluding hydrogens is 256 g/mol. The van der Waals surface area contributed by atoms with Crippen molar-refractivity contribution >= 4 is 11.7 Å². The molecule has 2 N–H and O–H groups in total. The third-order valence-electron chi connectivity index (χ3n) is 2.77. The normalized spacial score (nSPS) is 10.3. The summed E-state index contributed by atoms with van der Waals surface area (Å²) in [4.78, 5) is 22.0. The fourth-order valence-corrected chi connectivity index (χ4v) is 1.70. The van der Waals surface area contributed by atoms with E-state index in [1.165, 1.54) is 6.33 Å². The Hall–Kier alpha value is -2.44. The van der Waals surface area contributed by atoms with Gasteiger partial charge in [0.05, 0.1) is 12.1 Å². The Balaban J connectivity index is 1.97. The van der Waals surface area contributed by atoms with E-state index in [0.29, 0.717) is 17.9 Å². The van der Waals surface area contributed by atoms with Crippen molar-refractivity contribution < 1.29 is 4.79 Å². The zero-order valence-corrected chi connectivity index (χ0v) is 11.6. The maximum atomic E-state index is 12.2. The minimum absolute atomic E-state index is 0.101.